The van der Waals surface area contributed by atoms with Crippen molar-refractivity contribution >= 4 is 26.6 Å². The Hall–Kier alpha value is -2.60. The SMILES string of the molecule is CCCN(CCC)C(=O)Cn1cc(S(=O)(=O)Cc2ccc(C)cc2)c2ccccc21. The number of amides is 1. The molecule has 30 heavy (non-hydrogen) atoms. The summed E-state index contributed by atoms with van der Waals surface area (Å²) in [6.45, 7) is 7.65. The zero-order valence-corrected chi connectivity index (χ0v) is 18.8. The summed E-state index contributed by atoms with van der Waals surface area (Å²) in [5.41, 5.74) is 2.61. The van der Waals surface area contributed by atoms with Gasteiger partial charge in [-0.3, -0.25) is 4.79 Å². The highest BCUT2D eigenvalue weighted by Crippen LogP contribution is 2.28. The number of nitrogens with zero attached hydrogens (tertiary/aromatic N) is 2. The lowest BCUT2D eigenvalue weighted by atomic mass is 10.2. The summed E-state index contributed by atoms with van der Waals surface area (Å²) >= 11 is 0. The van der Waals surface area contributed by atoms with Gasteiger partial charge < -0.3 is 9.47 Å². The maximum absolute atomic E-state index is 13.2. The maximum Gasteiger partial charge on any atom is 0.242 e. The van der Waals surface area contributed by atoms with Crippen molar-refractivity contribution in [2.24, 2.45) is 0 Å². The van der Waals surface area contributed by atoms with Crippen LogP contribution in [0.2, 0.25) is 0 Å². The van der Waals surface area contributed by atoms with Crippen molar-refractivity contribution in [3.05, 3.63) is 65.9 Å². The molecule has 0 aliphatic rings. The monoisotopic (exact) mass is 426 g/mol. The summed E-state index contributed by atoms with van der Waals surface area (Å²) in [5.74, 6) is -0.0468. The molecule has 0 saturated heterocycles. The van der Waals surface area contributed by atoms with Crippen LogP contribution in [-0.2, 0) is 26.9 Å². The second-order valence-electron chi connectivity index (χ2n) is 7.76. The predicted molar refractivity (Wildman–Crippen MR) is 121 cm³/mol. The molecule has 0 aliphatic carbocycles. The third-order valence-corrected chi connectivity index (χ3v) is 6.92. The first-order valence-electron chi connectivity index (χ1n) is 10.5. The van der Waals surface area contributed by atoms with Crippen LogP contribution in [0.25, 0.3) is 10.9 Å². The molecule has 0 bridgehead atoms. The highest BCUT2D eigenvalue weighted by molar-refractivity contribution is 7.90. The molecule has 2 aromatic carbocycles. The molecular weight excluding hydrogens is 396 g/mol. The quantitative estimate of drug-likeness (QED) is 0.503. The van der Waals surface area contributed by atoms with Crippen molar-refractivity contribution < 1.29 is 13.2 Å². The van der Waals surface area contributed by atoms with Crippen molar-refractivity contribution in [3.63, 3.8) is 0 Å². The standard InChI is InChI=1S/C24H30N2O3S/c1-4-14-25(15-5-2)24(27)17-26-16-23(21-8-6-7-9-22(21)26)30(28,29)18-20-12-10-19(3)11-13-20/h6-13,16H,4-5,14-15,17-18H2,1-3H3. The van der Waals surface area contributed by atoms with Gasteiger partial charge in [-0.15, -0.1) is 0 Å². The lowest BCUT2D eigenvalue weighted by molar-refractivity contribution is -0.131. The van der Waals surface area contributed by atoms with Gasteiger partial charge in [0.15, 0.2) is 9.84 Å². The molecule has 1 heterocycles. The van der Waals surface area contributed by atoms with E-state index in [0.29, 0.717) is 18.5 Å². The predicted octanol–water partition coefficient (Wildman–Crippen LogP) is 4.57. The zero-order valence-electron chi connectivity index (χ0n) is 18.0. The summed E-state index contributed by atoms with van der Waals surface area (Å²) in [7, 11) is -3.55. The number of hydrogen-bond donors (Lipinski definition) is 0. The lowest BCUT2D eigenvalue weighted by Crippen LogP contribution is -2.35. The van der Waals surface area contributed by atoms with E-state index in [0.717, 1.165) is 29.5 Å². The first kappa shape index (κ1) is 22.1. The number of carbonyl (C=O) groups is 1. The molecule has 0 radical (unpaired) electrons. The number of aromatic nitrogens is 1. The van der Waals surface area contributed by atoms with Gasteiger partial charge in [-0.25, -0.2) is 8.42 Å². The molecule has 0 fully saturated rings. The van der Waals surface area contributed by atoms with Gasteiger partial charge in [-0.2, -0.15) is 0 Å². The molecule has 1 aromatic heterocycles. The molecule has 0 aliphatic heterocycles. The topological polar surface area (TPSA) is 59.4 Å². The Kier molecular flexibility index (Phi) is 6.98. The molecule has 5 nitrogen and oxygen atoms in total. The van der Waals surface area contributed by atoms with Crippen LogP contribution < -0.4 is 0 Å². The van der Waals surface area contributed by atoms with E-state index in [1.807, 2.05) is 60.4 Å². The average molecular weight is 427 g/mol. The Labute approximate surface area is 179 Å². The summed E-state index contributed by atoms with van der Waals surface area (Å²) in [6, 6.07) is 14.9. The number of benzene rings is 2. The third-order valence-electron chi connectivity index (χ3n) is 5.21. The van der Waals surface area contributed by atoms with Crippen LogP contribution in [0.4, 0.5) is 0 Å². The molecule has 3 aromatic rings. The van der Waals surface area contributed by atoms with E-state index in [4.69, 9.17) is 0 Å². The van der Waals surface area contributed by atoms with Gasteiger partial charge in [-0.05, 0) is 31.4 Å². The third kappa shape index (κ3) is 4.93. The van der Waals surface area contributed by atoms with Crippen LogP contribution in [0.5, 0.6) is 0 Å². The van der Waals surface area contributed by atoms with E-state index < -0.39 is 9.84 Å². The number of hydrogen-bond acceptors (Lipinski definition) is 3. The Morgan fingerprint density at radius 3 is 2.23 bits per heavy atom. The molecule has 3 rings (SSSR count). The fourth-order valence-corrected chi connectivity index (χ4v) is 5.30. The van der Waals surface area contributed by atoms with Crippen molar-refractivity contribution in [1.29, 1.82) is 0 Å². The van der Waals surface area contributed by atoms with Crippen molar-refractivity contribution in [2.45, 2.75) is 50.8 Å². The van der Waals surface area contributed by atoms with Gasteiger partial charge in [0.05, 0.1) is 10.6 Å². The normalized spacial score (nSPS) is 11.7. The number of para-hydroxylation sites is 1. The van der Waals surface area contributed by atoms with Crippen molar-refractivity contribution in [2.75, 3.05) is 13.1 Å². The summed E-state index contributed by atoms with van der Waals surface area (Å²) in [6.07, 6.45) is 3.42. The Balaban J connectivity index is 1.95. The van der Waals surface area contributed by atoms with Gasteiger partial charge in [0.25, 0.3) is 0 Å². The Bertz CT molecular complexity index is 1110. The van der Waals surface area contributed by atoms with Gasteiger partial charge in [0.2, 0.25) is 5.91 Å². The van der Waals surface area contributed by atoms with E-state index in [1.165, 1.54) is 0 Å². The molecule has 0 spiro atoms. The van der Waals surface area contributed by atoms with Gasteiger partial charge in [-0.1, -0.05) is 61.9 Å². The maximum atomic E-state index is 13.2. The van der Waals surface area contributed by atoms with Crippen LogP contribution in [-0.4, -0.2) is 36.9 Å². The molecule has 0 atom stereocenters. The van der Waals surface area contributed by atoms with Gasteiger partial charge in [0, 0.05) is 30.2 Å². The van der Waals surface area contributed by atoms with Crippen molar-refractivity contribution in [1.82, 2.24) is 9.47 Å². The number of sulfone groups is 1. The Morgan fingerprint density at radius 2 is 1.60 bits per heavy atom. The smallest absolute Gasteiger partial charge is 0.242 e. The molecule has 160 valence electrons. The fourth-order valence-electron chi connectivity index (χ4n) is 3.72. The minimum atomic E-state index is -3.55. The van der Waals surface area contributed by atoms with Crippen LogP contribution in [0.3, 0.4) is 0 Å². The largest absolute Gasteiger partial charge is 0.341 e. The van der Waals surface area contributed by atoms with E-state index in [2.05, 4.69) is 13.8 Å². The highest BCUT2D eigenvalue weighted by atomic mass is 32.2. The average Bonchev–Trinajstić information content (AvgIpc) is 3.09. The second kappa shape index (κ2) is 9.47. The van der Waals surface area contributed by atoms with Crippen LogP contribution in [0.15, 0.2) is 59.6 Å². The van der Waals surface area contributed by atoms with Crippen LogP contribution >= 0.6 is 0 Å². The lowest BCUT2D eigenvalue weighted by Gasteiger charge is -2.22. The van der Waals surface area contributed by atoms with E-state index in [-0.39, 0.29) is 23.1 Å². The summed E-state index contributed by atoms with van der Waals surface area (Å²) < 4.78 is 28.2. The number of fused-ring (bicyclic) bond motifs is 1. The molecule has 0 saturated carbocycles. The van der Waals surface area contributed by atoms with Gasteiger partial charge >= 0.3 is 0 Å². The second-order valence-corrected chi connectivity index (χ2v) is 9.72. The number of carbonyl (C=O) groups excluding carboxylic acids is 1. The molecule has 0 N–H and O–H groups in total. The van der Waals surface area contributed by atoms with Crippen molar-refractivity contribution in [3.8, 4) is 0 Å². The summed E-state index contributed by atoms with van der Waals surface area (Å²) in [4.78, 5) is 15.0. The minimum Gasteiger partial charge on any atom is -0.341 e. The molecule has 6 heteroatoms. The number of aryl methyl sites for hydroxylation is 1. The zero-order chi connectivity index (χ0) is 21.7. The number of rotatable bonds is 9. The first-order valence-corrected chi connectivity index (χ1v) is 12.1. The summed E-state index contributed by atoms with van der Waals surface area (Å²) in [5, 5.41) is 0.662. The van der Waals surface area contributed by atoms with E-state index in [9.17, 15) is 13.2 Å². The fraction of sp³-hybridized carbons (Fsp3) is 0.375. The molecule has 0 unspecified atom stereocenters. The minimum absolute atomic E-state index is 0.0157. The van der Waals surface area contributed by atoms with E-state index >= 15 is 0 Å². The highest BCUT2D eigenvalue weighted by Gasteiger charge is 2.23. The molecular formula is C24H30N2O3S. The molecule has 1 amide bonds. The van der Waals surface area contributed by atoms with Crippen LogP contribution in [0, 0.1) is 6.92 Å². The Morgan fingerprint density at radius 1 is 0.967 bits per heavy atom. The van der Waals surface area contributed by atoms with E-state index in [1.54, 1.807) is 10.8 Å². The van der Waals surface area contributed by atoms with Gasteiger partial charge in [0.1, 0.15) is 6.54 Å². The first-order chi connectivity index (χ1) is 14.4. The van der Waals surface area contributed by atoms with Crippen LogP contribution in [0.1, 0.15) is 37.8 Å².